The highest BCUT2D eigenvalue weighted by Gasteiger charge is 2.11. The van der Waals surface area contributed by atoms with Gasteiger partial charge in [-0.2, -0.15) is 0 Å². The number of nitrogens with zero attached hydrogens (tertiary/aromatic N) is 3. The Hall–Kier alpha value is -3.61. The van der Waals surface area contributed by atoms with Crippen molar-refractivity contribution in [3.05, 3.63) is 84.3 Å². The number of aromatic nitrogens is 3. The number of benzene rings is 2. The van der Waals surface area contributed by atoms with Gasteiger partial charge in [-0.25, -0.2) is 18.7 Å². The van der Waals surface area contributed by atoms with E-state index in [0.29, 0.717) is 22.3 Å². The molecule has 4 rings (SSSR count). The molecule has 0 aliphatic rings. The SMILES string of the molecule is O=C(Nn1ccc2c(F)cccc21)c1cnc(-c2cccc(F)c2)nc1. The van der Waals surface area contributed by atoms with E-state index in [9.17, 15) is 13.6 Å². The molecule has 0 aliphatic carbocycles. The Morgan fingerprint density at radius 1 is 1.00 bits per heavy atom. The van der Waals surface area contributed by atoms with Gasteiger partial charge in [-0.15, -0.1) is 0 Å². The zero-order chi connectivity index (χ0) is 18.1. The number of rotatable bonds is 3. The van der Waals surface area contributed by atoms with Crippen molar-refractivity contribution in [3.8, 4) is 11.4 Å². The van der Waals surface area contributed by atoms with Crippen LogP contribution < -0.4 is 5.43 Å². The molecule has 26 heavy (non-hydrogen) atoms. The number of carbonyl (C=O) groups is 1. The van der Waals surface area contributed by atoms with E-state index in [0.717, 1.165) is 0 Å². The lowest BCUT2D eigenvalue weighted by Gasteiger charge is -2.08. The van der Waals surface area contributed by atoms with Crippen molar-refractivity contribution in [1.82, 2.24) is 14.6 Å². The number of hydrogen-bond acceptors (Lipinski definition) is 3. The van der Waals surface area contributed by atoms with Crippen LogP contribution in [0.15, 0.2) is 67.1 Å². The lowest BCUT2D eigenvalue weighted by molar-refractivity contribution is 0.101. The van der Waals surface area contributed by atoms with Gasteiger partial charge in [0.1, 0.15) is 11.6 Å². The number of fused-ring (bicyclic) bond motifs is 1. The van der Waals surface area contributed by atoms with E-state index in [1.165, 1.54) is 35.3 Å². The molecule has 0 spiro atoms. The highest BCUT2D eigenvalue weighted by atomic mass is 19.1. The third-order valence-electron chi connectivity index (χ3n) is 3.90. The Labute approximate surface area is 146 Å². The van der Waals surface area contributed by atoms with E-state index in [4.69, 9.17) is 0 Å². The van der Waals surface area contributed by atoms with Crippen LogP contribution in [-0.4, -0.2) is 20.6 Å². The second-order valence-electron chi connectivity index (χ2n) is 5.60. The summed E-state index contributed by atoms with van der Waals surface area (Å²) < 4.78 is 28.4. The lowest BCUT2D eigenvalue weighted by atomic mass is 10.2. The van der Waals surface area contributed by atoms with Gasteiger partial charge in [0.2, 0.25) is 0 Å². The van der Waals surface area contributed by atoms with Crippen LogP contribution in [0.25, 0.3) is 22.3 Å². The van der Waals surface area contributed by atoms with Crippen molar-refractivity contribution in [2.75, 3.05) is 5.43 Å². The molecule has 0 bridgehead atoms. The summed E-state index contributed by atoms with van der Waals surface area (Å²) in [5.41, 5.74) is 3.93. The maximum absolute atomic E-state index is 13.7. The molecule has 128 valence electrons. The average molecular weight is 350 g/mol. The van der Waals surface area contributed by atoms with E-state index in [1.54, 1.807) is 36.5 Å². The number of halogens is 2. The van der Waals surface area contributed by atoms with Crippen LogP contribution in [-0.2, 0) is 0 Å². The molecule has 0 fully saturated rings. The quantitative estimate of drug-likeness (QED) is 0.612. The zero-order valence-corrected chi connectivity index (χ0v) is 13.4. The minimum atomic E-state index is -0.447. The van der Waals surface area contributed by atoms with Gasteiger partial charge in [-0.3, -0.25) is 14.9 Å². The molecule has 1 amide bonds. The third kappa shape index (κ3) is 2.90. The van der Waals surface area contributed by atoms with Gasteiger partial charge < -0.3 is 0 Å². The van der Waals surface area contributed by atoms with Crippen LogP contribution in [0.5, 0.6) is 0 Å². The van der Waals surface area contributed by atoms with Crippen molar-refractivity contribution < 1.29 is 13.6 Å². The van der Waals surface area contributed by atoms with Crippen LogP contribution >= 0.6 is 0 Å². The Balaban J connectivity index is 1.57. The topological polar surface area (TPSA) is 59.8 Å². The second kappa shape index (κ2) is 6.36. The predicted octanol–water partition coefficient (Wildman–Crippen LogP) is 3.76. The fraction of sp³-hybridized carbons (Fsp3) is 0. The number of hydrogen-bond donors (Lipinski definition) is 1. The molecular formula is C19H12F2N4O. The van der Waals surface area contributed by atoms with Crippen molar-refractivity contribution in [3.63, 3.8) is 0 Å². The summed E-state index contributed by atoms with van der Waals surface area (Å²) in [6, 6.07) is 12.1. The predicted molar refractivity (Wildman–Crippen MR) is 93.0 cm³/mol. The van der Waals surface area contributed by atoms with E-state index >= 15 is 0 Å². The number of nitrogens with one attached hydrogen (secondary N) is 1. The van der Waals surface area contributed by atoms with Crippen LogP contribution in [0.4, 0.5) is 8.78 Å². The Morgan fingerprint density at radius 2 is 1.77 bits per heavy atom. The maximum atomic E-state index is 13.7. The van der Waals surface area contributed by atoms with Crippen LogP contribution in [0.1, 0.15) is 10.4 Å². The molecule has 0 unspecified atom stereocenters. The van der Waals surface area contributed by atoms with E-state index in [2.05, 4.69) is 15.4 Å². The van der Waals surface area contributed by atoms with Gasteiger partial charge in [0.05, 0.1) is 11.1 Å². The summed E-state index contributed by atoms with van der Waals surface area (Å²) in [5, 5.41) is 0.408. The molecule has 2 heterocycles. The number of carbonyl (C=O) groups excluding carboxylic acids is 1. The van der Waals surface area contributed by atoms with Crippen molar-refractivity contribution in [1.29, 1.82) is 0 Å². The van der Waals surface area contributed by atoms with Gasteiger partial charge in [0, 0.05) is 29.5 Å². The van der Waals surface area contributed by atoms with Crippen molar-refractivity contribution >= 4 is 16.8 Å². The first-order chi connectivity index (χ1) is 12.6. The maximum Gasteiger partial charge on any atom is 0.273 e. The van der Waals surface area contributed by atoms with Gasteiger partial charge in [-0.1, -0.05) is 18.2 Å². The first-order valence-electron chi connectivity index (χ1n) is 7.77. The van der Waals surface area contributed by atoms with Crippen molar-refractivity contribution in [2.45, 2.75) is 0 Å². The first kappa shape index (κ1) is 15.9. The van der Waals surface area contributed by atoms with Crippen molar-refractivity contribution in [2.24, 2.45) is 0 Å². The summed E-state index contributed by atoms with van der Waals surface area (Å²) in [7, 11) is 0. The Kier molecular flexibility index (Phi) is 3.89. The Morgan fingerprint density at radius 3 is 2.54 bits per heavy atom. The molecular weight excluding hydrogens is 338 g/mol. The van der Waals surface area contributed by atoms with Crippen LogP contribution in [0, 0.1) is 11.6 Å². The standard InChI is InChI=1S/C19H12F2N4O/c20-14-4-1-3-12(9-14)18-22-10-13(11-23-18)19(26)24-25-8-7-15-16(21)5-2-6-17(15)25/h1-11H,(H,24,26). The molecule has 1 N–H and O–H groups in total. The second-order valence-corrected chi connectivity index (χ2v) is 5.60. The fourth-order valence-corrected chi connectivity index (χ4v) is 2.62. The first-order valence-corrected chi connectivity index (χ1v) is 7.77. The van der Waals surface area contributed by atoms with Crippen LogP contribution in [0.3, 0.4) is 0 Å². The minimum Gasteiger partial charge on any atom is -0.267 e. The molecule has 0 aliphatic heterocycles. The van der Waals surface area contributed by atoms with E-state index in [1.807, 2.05) is 0 Å². The minimum absolute atomic E-state index is 0.225. The van der Waals surface area contributed by atoms with Gasteiger partial charge >= 0.3 is 0 Å². The van der Waals surface area contributed by atoms with E-state index in [-0.39, 0.29) is 17.2 Å². The highest BCUT2D eigenvalue weighted by Crippen LogP contribution is 2.18. The Bertz CT molecular complexity index is 1110. The lowest BCUT2D eigenvalue weighted by Crippen LogP contribution is -2.22. The average Bonchev–Trinajstić information content (AvgIpc) is 3.06. The molecule has 7 heteroatoms. The summed E-state index contributed by atoms with van der Waals surface area (Å²) in [6.45, 7) is 0. The zero-order valence-electron chi connectivity index (χ0n) is 13.4. The van der Waals surface area contributed by atoms with Gasteiger partial charge in [0.25, 0.3) is 5.91 Å². The summed E-state index contributed by atoms with van der Waals surface area (Å²) >= 11 is 0. The van der Waals surface area contributed by atoms with Gasteiger partial charge in [0.15, 0.2) is 5.82 Å². The number of amides is 1. The van der Waals surface area contributed by atoms with Gasteiger partial charge in [-0.05, 0) is 30.3 Å². The molecule has 2 aromatic heterocycles. The molecule has 0 saturated heterocycles. The third-order valence-corrected chi connectivity index (χ3v) is 3.90. The smallest absolute Gasteiger partial charge is 0.267 e. The van der Waals surface area contributed by atoms with E-state index < -0.39 is 5.91 Å². The van der Waals surface area contributed by atoms with Crippen LogP contribution in [0.2, 0.25) is 0 Å². The molecule has 2 aromatic carbocycles. The molecule has 5 nitrogen and oxygen atoms in total. The molecule has 4 aromatic rings. The monoisotopic (exact) mass is 350 g/mol. The fourth-order valence-electron chi connectivity index (χ4n) is 2.62. The molecule has 0 saturated carbocycles. The summed E-state index contributed by atoms with van der Waals surface area (Å²) in [4.78, 5) is 20.6. The summed E-state index contributed by atoms with van der Waals surface area (Å²) in [6.07, 6.45) is 4.28. The molecule has 0 atom stereocenters. The molecule has 0 radical (unpaired) electrons. The summed E-state index contributed by atoms with van der Waals surface area (Å²) in [5.74, 6) is -0.884. The normalized spacial score (nSPS) is 10.8. The largest absolute Gasteiger partial charge is 0.273 e. The highest BCUT2D eigenvalue weighted by molar-refractivity contribution is 6.00.